The van der Waals surface area contributed by atoms with Gasteiger partial charge in [0.15, 0.2) is 5.78 Å². The lowest BCUT2D eigenvalue weighted by atomic mass is 10.1. The van der Waals surface area contributed by atoms with Crippen LogP contribution in [0.4, 0.5) is 14.5 Å². The molecule has 0 bridgehead atoms. The van der Waals surface area contributed by atoms with E-state index in [1.807, 2.05) is 0 Å². The van der Waals surface area contributed by atoms with Crippen molar-refractivity contribution in [3.8, 4) is 0 Å². The van der Waals surface area contributed by atoms with Crippen LogP contribution in [0.15, 0.2) is 60.8 Å². The molecule has 96 valence electrons. The lowest BCUT2D eigenvalue weighted by molar-refractivity contribution is 0.104. The minimum Gasteiger partial charge on any atom is -0.359 e. The van der Waals surface area contributed by atoms with Crippen LogP contribution in [-0.2, 0) is 0 Å². The lowest BCUT2D eigenvalue weighted by Gasteiger charge is -2.01. The Kier molecular flexibility index (Phi) is 4.03. The molecule has 0 fully saturated rings. The van der Waals surface area contributed by atoms with Crippen LogP contribution in [0.5, 0.6) is 0 Å². The molecule has 0 atom stereocenters. The SMILES string of the molecule is O=C(C=CNc1ccccc1F)c1ccc(F)cc1. The third-order valence-electron chi connectivity index (χ3n) is 2.48. The predicted molar refractivity (Wildman–Crippen MR) is 69.9 cm³/mol. The van der Waals surface area contributed by atoms with Crippen LogP contribution in [0, 0.1) is 11.6 Å². The first-order valence-electron chi connectivity index (χ1n) is 5.64. The van der Waals surface area contributed by atoms with E-state index in [1.54, 1.807) is 18.2 Å². The summed E-state index contributed by atoms with van der Waals surface area (Å²) in [6, 6.07) is 11.3. The van der Waals surface area contributed by atoms with Gasteiger partial charge in [0.2, 0.25) is 0 Å². The standard InChI is InChI=1S/C15H11F2NO/c16-12-7-5-11(6-8-12)15(19)9-10-18-14-4-2-1-3-13(14)17/h1-10,18H. The number of benzene rings is 2. The summed E-state index contributed by atoms with van der Waals surface area (Å²) in [5, 5.41) is 2.67. The molecule has 0 aliphatic carbocycles. The molecule has 0 spiro atoms. The average Bonchev–Trinajstić information content (AvgIpc) is 2.41. The molecule has 2 aromatic rings. The van der Waals surface area contributed by atoms with Gasteiger partial charge in [-0.1, -0.05) is 12.1 Å². The fraction of sp³-hybridized carbons (Fsp3) is 0. The van der Waals surface area contributed by atoms with E-state index >= 15 is 0 Å². The summed E-state index contributed by atoms with van der Waals surface area (Å²) in [6.07, 6.45) is 2.61. The molecule has 0 heterocycles. The molecule has 2 rings (SSSR count). The normalized spacial score (nSPS) is 10.6. The predicted octanol–water partition coefficient (Wildman–Crippen LogP) is 3.77. The number of carbonyl (C=O) groups is 1. The Hall–Kier alpha value is -2.49. The minimum atomic E-state index is -0.401. The molecule has 2 aromatic carbocycles. The van der Waals surface area contributed by atoms with Gasteiger partial charge in [0.25, 0.3) is 0 Å². The van der Waals surface area contributed by atoms with Crippen molar-refractivity contribution in [1.82, 2.24) is 0 Å². The van der Waals surface area contributed by atoms with Gasteiger partial charge in [0.05, 0.1) is 5.69 Å². The number of para-hydroxylation sites is 1. The van der Waals surface area contributed by atoms with Crippen LogP contribution in [0.1, 0.15) is 10.4 Å². The Morgan fingerprint density at radius 2 is 1.68 bits per heavy atom. The average molecular weight is 259 g/mol. The molecule has 4 heteroatoms. The van der Waals surface area contributed by atoms with Gasteiger partial charge in [-0.05, 0) is 36.4 Å². The second-order valence-corrected chi connectivity index (χ2v) is 3.83. The number of ketones is 1. The maximum Gasteiger partial charge on any atom is 0.187 e. The van der Waals surface area contributed by atoms with Crippen LogP contribution in [-0.4, -0.2) is 5.78 Å². The Bertz CT molecular complexity index is 606. The van der Waals surface area contributed by atoms with Crippen LogP contribution in [0.2, 0.25) is 0 Å². The third kappa shape index (κ3) is 3.48. The van der Waals surface area contributed by atoms with Gasteiger partial charge in [-0.25, -0.2) is 8.78 Å². The number of nitrogens with one attached hydrogen (secondary N) is 1. The van der Waals surface area contributed by atoms with Crippen molar-refractivity contribution in [3.63, 3.8) is 0 Å². The number of hydrogen-bond acceptors (Lipinski definition) is 2. The zero-order chi connectivity index (χ0) is 13.7. The number of rotatable bonds is 4. The Morgan fingerprint density at radius 1 is 1.00 bits per heavy atom. The topological polar surface area (TPSA) is 29.1 Å². The summed E-state index contributed by atoms with van der Waals surface area (Å²) in [7, 11) is 0. The highest BCUT2D eigenvalue weighted by Gasteiger charge is 2.01. The van der Waals surface area contributed by atoms with E-state index in [0.717, 1.165) is 0 Å². The molecule has 19 heavy (non-hydrogen) atoms. The van der Waals surface area contributed by atoms with Gasteiger partial charge < -0.3 is 5.32 Å². The van der Waals surface area contributed by atoms with Gasteiger partial charge >= 0.3 is 0 Å². The smallest absolute Gasteiger partial charge is 0.187 e. The molecule has 1 N–H and O–H groups in total. The van der Waals surface area contributed by atoms with E-state index in [0.29, 0.717) is 5.56 Å². The van der Waals surface area contributed by atoms with E-state index in [1.165, 1.54) is 42.6 Å². The van der Waals surface area contributed by atoms with Gasteiger partial charge in [-0.3, -0.25) is 4.79 Å². The summed E-state index contributed by atoms with van der Waals surface area (Å²) in [4.78, 5) is 11.7. The quantitative estimate of drug-likeness (QED) is 0.669. The third-order valence-corrected chi connectivity index (χ3v) is 2.48. The molecular formula is C15H11F2NO. The van der Waals surface area contributed by atoms with Crippen molar-refractivity contribution < 1.29 is 13.6 Å². The largest absolute Gasteiger partial charge is 0.359 e. The first-order chi connectivity index (χ1) is 9.16. The highest BCUT2D eigenvalue weighted by molar-refractivity contribution is 6.04. The fourth-order valence-electron chi connectivity index (χ4n) is 1.50. The first kappa shape index (κ1) is 13.0. The van der Waals surface area contributed by atoms with E-state index in [4.69, 9.17) is 0 Å². The summed E-state index contributed by atoms with van der Waals surface area (Å²) in [5.41, 5.74) is 0.652. The van der Waals surface area contributed by atoms with Crippen LogP contribution in [0.25, 0.3) is 0 Å². The number of allylic oxidation sites excluding steroid dienone is 1. The monoisotopic (exact) mass is 259 g/mol. The van der Waals surface area contributed by atoms with Crippen molar-refractivity contribution >= 4 is 11.5 Å². The zero-order valence-corrected chi connectivity index (χ0v) is 9.94. The van der Waals surface area contributed by atoms with Crippen molar-refractivity contribution in [1.29, 1.82) is 0 Å². The van der Waals surface area contributed by atoms with Crippen LogP contribution >= 0.6 is 0 Å². The molecule has 0 amide bonds. The summed E-state index contributed by atoms with van der Waals surface area (Å²) in [6.45, 7) is 0. The van der Waals surface area contributed by atoms with Crippen molar-refractivity contribution in [2.24, 2.45) is 0 Å². The molecule has 0 aromatic heterocycles. The lowest BCUT2D eigenvalue weighted by Crippen LogP contribution is -1.97. The molecule has 0 aliphatic rings. The molecule has 0 saturated carbocycles. The molecule has 0 unspecified atom stereocenters. The Labute approximate surface area is 109 Å². The molecule has 2 nitrogen and oxygen atoms in total. The van der Waals surface area contributed by atoms with Gasteiger partial charge in [-0.2, -0.15) is 0 Å². The number of halogens is 2. The Balaban J connectivity index is 2.01. The Morgan fingerprint density at radius 3 is 2.37 bits per heavy atom. The van der Waals surface area contributed by atoms with Crippen molar-refractivity contribution in [2.45, 2.75) is 0 Å². The van der Waals surface area contributed by atoms with Gasteiger partial charge in [0.1, 0.15) is 11.6 Å². The maximum atomic E-state index is 13.3. The summed E-state index contributed by atoms with van der Waals surface area (Å²) in [5.74, 6) is -1.09. The van der Waals surface area contributed by atoms with Gasteiger partial charge in [-0.15, -0.1) is 0 Å². The van der Waals surface area contributed by atoms with Crippen LogP contribution in [0.3, 0.4) is 0 Å². The second kappa shape index (κ2) is 5.91. The van der Waals surface area contributed by atoms with Crippen molar-refractivity contribution in [3.05, 3.63) is 78.0 Å². The van der Waals surface area contributed by atoms with E-state index in [2.05, 4.69) is 5.32 Å². The highest BCUT2D eigenvalue weighted by atomic mass is 19.1. The minimum absolute atomic E-state index is 0.283. The first-order valence-corrected chi connectivity index (χ1v) is 5.64. The summed E-state index contributed by atoms with van der Waals surface area (Å²) < 4.78 is 25.9. The maximum absolute atomic E-state index is 13.3. The molecule has 0 radical (unpaired) electrons. The number of hydrogen-bond donors (Lipinski definition) is 1. The summed E-state index contributed by atoms with van der Waals surface area (Å²) >= 11 is 0. The van der Waals surface area contributed by atoms with E-state index < -0.39 is 11.6 Å². The van der Waals surface area contributed by atoms with E-state index in [-0.39, 0.29) is 11.5 Å². The number of carbonyl (C=O) groups excluding carboxylic acids is 1. The second-order valence-electron chi connectivity index (χ2n) is 3.83. The molecule has 0 aliphatic heterocycles. The van der Waals surface area contributed by atoms with Gasteiger partial charge in [0, 0.05) is 17.8 Å². The van der Waals surface area contributed by atoms with E-state index in [9.17, 15) is 13.6 Å². The molecular weight excluding hydrogens is 248 g/mol. The van der Waals surface area contributed by atoms with Crippen LogP contribution < -0.4 is 5.32 Å². The highest BCUT2D eigenvalue weighted by Crippen LogP contribution is 2.12. The zero-order valence-electron chi connectivity index (χ0n) is 9.94. The molecule has 0 saturated heterocycles. The van der Waals surface area contributed by atoms with Crippen molar-refractivity contribution in [2.75, 3.05) is 5.32 Å². The number of anilines is 1. The fourth-order valence-corrected chi connectivity index (χ4v) is 1.50.